The van der Waals surface area contributed by atoms with Crippen LogP contribution in [0.4, 0.5) is 5.82 Å². The number of ether oxygens (including phenoxy) is 1. The number of rotatable bonds is 6. The van der Waals surface area contributed by atoms with E-state index >= 15 is 0 Å². The highest BCUT2D eigenvalue weighted by Crippen LogP contribution is 2.35. The standard InChI is InChI=1S/C27H26ClN7O3.ClH/c1-33-26(37)23-22(32-27(33)38-21-11-5-3-9-18(21)24(31)36)19(13-29)25(34-12-6-8-17(30)15-34)35(23)14-16-7-2-4-10-20(16)28;/h2-5,7,9-11,17H,6,8,12,14-15,30H2,1H3,(H2,31,36);1H. The zero-order chi connectivity index (χ0) is 27.0. The minimum Gasteiger partial charge on any atom is -0.425 e. The van der Waals surface area contributed by atoms with Crippen LogP contribution in [-0.2, 0) is 13.6 Å². The van der Waals surface area contributed by atoms with Crippen molar-refractivity contribution in [3.63, 3.8) is 0 Å². The van der Waals surface area contributed by atoms with Gasteiger partial charge in [-0.2, -0.15) is 10.2 Å². The van der Waals surface area contributed by atoms with E-state index in [1.165, 1.54) is 17.7 Å². The highest BCUT2D eigenvalue weighted by molar-refractivity contribution is 6.31. The van der Waals surface area contributed by atoms with E-state index in [0.717, 1.165) is 18.4 Å². The molecule has 12 heteroatoms. The van der Waals surface area contributed by atoms with Crippen LogP contribution in [0.2, 0.25) is 5.02 Å². The monoisotopic (exact) mass is 567 g/mol. The molecule has 202 valence electrons. The third kappa shape index (κ3) is 5.16. The Labute approximate surface area is 235 Å². The number of aromatic nitrogens is 3. The SMILES string of the molecule is Cl.Cn1c(Oc2ccccc2C(N)=O)nc2c(C#N)c(N3CCCC(N)C3)n(Cc3ccccc3Cl)c2c1=O. The smallest absolute Gasteiger partial charge is 0.305 e. The molecule has 1 unspecified atom stereocenters. The van der Waals surface area contributed by atoms with Crippen LogP contribution in [0.25, 0.3) is 11.0 Å². The van der Waals surface area contributed by atoms with Gasteiger partial charge in [-0.1, -0.05) is 41.9 Å². The number of nitrogens with zero attached hydrogens (tertiary/aromatic N) is 5. The summed E-state index contributed by atoms with van der Waals surface area (Å²) in [6, 6.07) is 15.9. The molecule has 0 saturated carbocycles. The number of halogens is 2. The molecule has 1 atom stereocenters. The molecule has 1 amide bonds. The Bertz CT molecular complexity index is 1660. The maximum Gasteiger partial charge on any atom is 0.305 e. The summed E-state index contributed by atoms with van der Waals surface area (Å²) in [4.78, 5) is 32.4. The largest absolute Gasteiger partial charge is 0.425 e. The Balaban J connectivity index is 0.00000353. The second-order valence-electron chi connectivity index (χ2n) is 9.25. The van der Waals surface area contributed by atoms with E-state index in [1.807, 2.05) is 23.1 Å². The Morgan fingerprint density at radius 2 is 1.95 bits per heavy atom. The third-order valence-electron chi connectivity index (χ3n) is 6.72. The van der Waals surface area contributed by atoms with Crippen molar-refractivity contribution < 1.29 is 9.53 Å². The molecule has 2 aromatic heterocycles. The fraction of sp³-hybridized carbons (Fsp3) is 0.259. The van der Waals surface area contributed by atoms with Crippen molar-refractivity contribution in [3.05, 3.63) is 80.6 Å². The molecular weight excluding hydrogens is 541 g/mol. The van der Waals surface area contributed by atoms with Gasteiger partial charge in [0.05, 0.1) is 12.1 Å². The van der Waals surface area contributed by atoms with Gasteiger partial charge in [0.25, 0.3) is 11.5 Å². The Kier molecular flexibility index (Phi) is 8.16. The summed E-state index contributed by atoms with van der Waals surface area (Å²) in [5.41, 5.74) is 13.0. The minimum atomic E-state index is -0.681. The number of nitrogens with two attached hydrogens (primary N) is 2. The average Bonchev–Trinajstić information content (AvgIpc) is 3.21. The van der Waals surface area contributed by atoms with E-state index in [2.05, 4.69) is 11.1 Å². The second-order valence-corrected chi connectivity index (χ2v) is 9.66. The van der Waals surface area contributed by atoms with Crippen LogP contribution < -0.4 is 26.7 Å². The number of benzene rings is 2. The summed E-state index contributed by atoms with van der Waals surface area (Å²) in [6.45, 7) is 1.46. The molecule has 10 nitrogen and oxygen atoms in total. The van der Waals surface area contributed by atoms with Gasteiger partial charge in [0.15, 0.2) is 0 Å². The van der Waals surface area contributed by atoms with Crippen LogP contribution in [0.1, 0.15) is 34.3 Å². The van der Waals surface area contributed by atoms with Gasteiger partial charge in [-0.15, -0.1) is 12.4 Å². The molecular formula is C27H27Cl2N7O3. The van der Waals surface area contributed by atoms with Crippen LogP contribution >= 0.6 is 24.0 Å². The molecule has 4 N–H and O–H groups in total. The normalized spacial score (nSPS) is 15.0. The van der Waals surface area contributed by atoms with Crippen molar-refractivity contribution in [2.24, 2.45) is 18.5 Å². The lowest BCUT2D eigenvalue weighted by Crippen LogP contribution is -2.44. The van der Waals surface area contributed by atoms with Crippen molar-refractivity contribution in [1.29, 1.82) is 5.26 Å². The van der Waals surface area contributed by atoms with Crippen molar-refractivity contribution >= 4 is 46.8 Å². The Morgan fingerprint density at radius 1 is 1.23 bits per heavy atom. The second kappa shape index (κ2) is 11.4. The van der Waals surface area contributed by atoms with Gasteiger partial charge in [-0.25, -0.2) is 0 Å². The number of anilines is 1. The highest BCUT2D eigenvalue weighted by atomic mass is 35.5. The van der Waals surface area contributed by atoms with Crippen LogP contribution in [-0.4, -0.2) is 39.2 Å². The zero-order valence-electron chi connectivity index (χ0n) is 21.1. The van der Waals surface area contributed by atoms with Gasteiger partial charge < -0.3 is 25.7 Å². The third-order valence-corrected chi connectivity index (χ3v) is 7.09. The molecule has 1 fully saturated rings. The fourth-order valence-corrected chi connectivity index (χ4v) is 5.06. The summed E-state index contributed by atoms with van der Waals surface area (Å²) in [5, 5.41) is 10.9. The summed E-state index contributed by atoms with van der Waals surface area (Å²) in [6.07, 6.45) is 1.73. The lowest BCUT2D eigenvalue weighted by molar-refractivity contribution is 0.0998. The molecule has 3 heterocycles. The minimum absolute atomic E-state index is 0. The molecule has 5 rings (SSSR count). The molecule has 2 aromatic carbocycles. The molecule has 0 spiro atoms. The van der Waals surface area contributed by atoms with E-state index in [4.69, 9.17) is 27.8 Å². The van der Waals surface area contributed by atoms with Gasteiger partial charge in [-0.3, -0.25) is 14.2 Å². The quantitative estimate of drug-likeness (QED) is 0.362. The van der Waals surface area contributed by atoms with Crippen LogP contribution in [0.15, 0.2) is 53.3 Å². The van der Waals surface area contributed by atoms with Crippen molar-refractivity contribution in [1.82, 2.24) is 14.1 Å². The number of carbonyl (C=O) groups is 1. The molecule has 1 aliphatic heterocycles. The van der Waals surface area contributed by atoms with Gasteiger partial charge in [-0.05, 0) is 36.6 Å². The highest BCUT2D eigenvalue weighted by Gasteiger charge is 2.30. The first kappa shape index (κ1) is 28.0. The van der Waals surface area contributed by atoms with E-state index in [0.29, 0.717) is 23.9 Å². The zero-order valence-corrected chi connectivity index (χ0v) is 22.7. The van der Waals surface area contributed by atoms with Crippen LogP contribution in [0.3, 0.4) is 0 Å². The van der Waals surface area contributed by atoms with Crippen molar-refractivity contribution in [2.75, 3.05) is 18.0 Å². The molecule has 4 aromatic rings. The molecule has 0 aliphatic carbocycles. The van der Waals surface area contributed by atoms with Crippen molar-refractivity contribution in [2.45, 2.75) is 25.4 Å². The van der Waals surface area contributed by atoms with Gasteiger partial charge in [0.2, 0.25) is 0 Å². The van der Waals surface area contributed by atoms with E-state index in [1.54, 1.807) is 28.8 Å². The Morgan fingerprint density at radius 3 is 2.64 bits per heavy atom. The van der Waals surface area contributed by atoms with E-state index in [9.17, 15) is 14.9 Å². The molecule has 1 aliphatic rings. The first-order chi connectivity index (χ1) is 18.3. The molecule has 1 saturated heterocycles. The fourth-order valence-electron chi connectivity index (χ4n) is 4.87. The molecule has 0 bridgehead atoms. The molecule has 0 radical (unpaired) electrons. The number of fused-ring (bicyclic) bond motifs is 1. The van der Waals surface area contributed by atoms with E-state index < -0.39 is 11.5 Å². The number of amides is 1. The molecule has 39 heavy (non-hydrogen) atoms. The first-order valence-corrected chi connectivity index (χ1v) is 12.5. The average molecular weight is 568 g/mol. The number of hydrogen-bond acceptors (Lipinski definition) is 7. The summed E-state index contributed by atoms with van der Waals surface area (Å²) in [7, 11) is 1.52. The predicted octanol–water partition coefficient (Wildman–Crippen LogP) is 3.55. The number of nitriles is 1. The maximum atomic E-state index is 13.8. The summed E-state index contributed by atoms with van der Waals surface area (Å²) >= 11 is 6.49. The number of carbonyl (C=O) groups excluding carboxylic acids is 1. The lowest BCUT2D eigenvalue weighted by Gasteiger charge is -2.33. The summed E-state index contributed by atoms with van der Waals surface area (Å²) in [5.74, 6) is 0.0361. The maximum absolute atomic E-state index is 13.8. The van der Waals surface area contributed by atoms with Crippen molar-refractivity contribution in [3.8, 4) is 17.8 Å². The topological polar surface area (TPSA) is 145 Å². The van der Waals surface area contributed by atoms with Crippen LogP contribution in [0.5, 0.6) is 11.8 Å². The van der Waals surface area contributed by atoms with Gasteiger partial charge >= 0.3 is 6.01 Å². The number of primary amides is 1. The lowest BCUT2D eigenvalue weighted by atomic mass is 10.1. The van der Waals surface area contributed by atoms with Gasteiger partial charge in [0.1, 0.15) is 34.2 Å². The van der Waals surface area contributed by atoms with Gasteiger partial charge in [0, 0.05) is 31.2 Å². The summed E-state index contributed by atoms with van der Waals surface area (Å²) < 4.78 is 8.96. The van der Waals surface area contributed by atoms with Crippen LogP contribution in [0, 0.1) is 11.3 Å². The number of piperidine rings is 1. The predicted molar refractivity (Wildman–Crippen MR) is 152 cm³/mol. The number of hydrogen-bond donors (Lipinski definition) is 2. The van der Waals surface area contributed by atoms with E-state index in [-0.39, 0.29) is 58.9 Å². The Hall–Kier alpha value is -4.04. The first-order valence-electron chi connectivity index (χ1n) is 12.1. The number of para-hydroxylation sites is 1.